The number of aryl methyl sites for hydroxylation is 2. The molecule has 3 aromatic rings. The second-order valence-corrected chi connectivity index (χ2v) is 11.0. The van der Waals surface area contributed by atoms with Crippen LogP contribution in [0.1, 0.15) is 48.7 Å². The molecule has 0 radical (unpaired) electrons. The molecule has 0 aliphatic rings. The summed E-state index contributed by atoms with van der Waals surface area (Å²) in [6.07, 6.45) is 3.31. The van der Waals surface area contributed by atoms with Gasteiger partial charge in [0.05, 0.1) is 12.4 Å². The lowest BCUT2D eigenvalue weighted by Gasteiger charge is -2.15. The Labute approximate surface area is 231 Å². The van der Waals surface area contributed by atoms with E-state index in [0.717, 1.165) is 33.6 Å². The third kappa shape index (κ3) is 7.37. The number of aromatic nitrogens is 3. The van der Waals surface area contributed by atoms with Gasteiger partial charge in [0.1, 0.15) is 11.6 Å². The zero-order valence-corrected chi connectivity index (χ0v) is 24.3. The highest BCUT2D eigenvalue weighted by Crippen LogP contribution is 2.32. The van der Waals surface area contributed by atoms with E-state index in [2.05, 4.69) is 70.9 Å². The highest BCUT2D eigenvalue weighted by atomic mass is 79.9. The Morgan fingerprint density at radius 2 is 2.08 bits per heavy atom. The number of nitrogens with one attached hydrogen (secondary N) is 1. The zero-order valence-electron chi connectivity index (χ0n) is 21.1. The number of carbonyl (C=O) groups excluding carboxylic acids is 1. The molecule has 1 N–H and O–H groups in total. The van der Waals surface area contributed by atoms with Gasteiger partial charge in [0, 0.05) is 28.1 Å². The quantitative estimate of drug-likeness (QED) is 0.135. The summed E-state index contributed by atoms with van der Waals surface area (Å²) in [6, 6.07) is 9.68. The molecule has 0 fully saturated rings. The molecule has 3 rings (SSSR count). The Kier molecular flexibility index (Phi) is 10.5. The largest absolute Gasteiger partial charge is 0.493 e. The average Bonchev–Trinajstić information content (AvgIpc) is 3.21. The van der Waals surface area contributed by atoms with Crippen LogP contribution in [0.4, 0.5) is 5.69 Å². The Bertz CT molecular complexity index is 1230. The fourth-order valence-electron chi connectivity index (χ4n) is 3.66. The number of thioether (sulfide) groups is 1. The minimum absolute atomic E-state index is 0.126. The van der Waals surface area contributed by atoms with Crippen LogP contribution in [0, 0.1) is 13.8 Å². The lowest BCUT2D eigenvalue weighted by atomic mass is 10.0. The Morgan fingerprint density at radius 1 is 1.31 bits per heavy atom. The minimum Gasteiger partial charge on any atom is -0.493 e. The fraction of sp³-hybridized carbons (Fsp3) is 0.370. The van der Waals surface area contributed by atoms with Crippen molar-refractivity contribution in [2.24, 2.45) is 0 Å². The first-order chi connectivity index (χ1) is 17.2. The SMILES string of the molecule is C=CCn1c(CCCOc2cc(C(C)C)c(Br)cc2C)nnc1SCC(=O)Nc1cccc(Cl)c1C. The molecule has 6 nitrogen and oxygen atoms in total. The number of allylic oxidation sites excluding steroid dienone is 1. The molecule has 0 atom stereocenters. The van der Waals surface area contributed by atoms with Crippen molar-refractivity contribution in [2.75, 3.05) is 17.7 Å². The van der Waals surface area contributed by atoms with Crippen LogP contribution in [0.5, 0.6) is 5.75 Å². The number of halogens is 2. The molecule has 192 valence electrons. The normalized spacial score (nSPS) is 11.1. The summed E-state index contributed by atoms with van der Waals surface area (Å²) in [7, 11) is 0. The van der Waals surface area contributed by atoms with Crippen molar-refractivity contribution in [3.05, 3.63) is 75.0 Å². The maximum absolute atomic E-state index is 12.5. The Hall–Kier alpha value is -2.29. The minimum atomic E-state index is -0.126. The van der Waals surface area contributed by atoms with Crippen molar-refractivity contribution in [2.45, 2.75) is 58.2 Å². The summed E-state index contributed by atoms with van der Waals surface area (Å²) in [5.74, 6) is 2.26. The van der Waals surface area contributed by atoms with Gasteiger partial charge in [-0.15, -0.1) is 16.8 Å². The summed E-state index contributed by atoms with van der Waals surface area (Å²) in [6.45, 7) is 13.3. The number of amides is 1. The summed E-state index contributed by atoms with van der Waals surface area (Å²) in [4.78, 5) is 12.5. The number of hydrogen-bond donors (Lipinski definition) is 1. The van der Waals surface area contributed by atoms with E-state index in [1.807, 2.05) is 23.6 Å². The van der Waals surface area contributed by atoms with E-state index < -0.39 is 0 Å². The van der Waals surface area contributed by atoms with Crippen LogP contribution >= 0.6 is 39.3 Å². The molecule has 0 saturated carbocycles. The lowest BCUT2D eigenvalue weighted by Crippen LogP contribution is -2.15. The molecule has 2 aromatic carbocycles. The highest BCUT2D eigenvalue weighted by Gasteiger charge is 2.15. The monoisotopic (exact) mass is 590 g/mol. The van der Waals surface area contributed by atoms with Crippen LogP contribution in [0.25, 0.3) is 0 Å². The third-order valence-corrected chi connectivity index (χ3v) is 7.76. The number of nitrogens with zero attached hydrogens (tertiary/aromatic N) is 3. The van der Waals surface area contributed by atoms with Gasteiger partial charge in [-0.25, -0.2) is 0 Å². The Morgan fingerprint density at radius 3 is 2.81 bits per heavy atom. The van der Waals surface area contributed by atoms with Gasteiger partial charge in [-0.3, -0.25) is 4.79 Å². The molecule has 0 aliphatic heterocycles. The van der Waals surface area contributed by atoms with Gasteiger partial charge in [0.25, 0.3) is 0 Å². The second kappa shape index (κ2) is 13.3. The van der Waals surface area contributed by atoms with Gasteiger partial charge < -0.3 is 14.6 Å². The number of hydrogen-bond acceptors (Lipinski definition) is 5. The van der Waals surface area contributed by atoms with E-state index in [4.69, 9.17) is 16.3 Å². The van der Waals surface area contributed by atoms with Crippen molar-refractivity contribution in [1.82, 2.24) is 14.8 Å². The number of ether oxygens (including phenoxy) is 1. The number of anilines is 1. The van der Waals surface area contributed by atoms with Crippen molar-refractivity contribution in [3.63, 3.8) is 0 Å². The van der Waals surface area contributed by atoms with Gasteiger partial charge in [-0.2, -0.15) is 0 Å². The smallest absolute Gasteiger partial charge is 0.234 e. The first kappa shape index (κ1) is 28.3. The lowest BCUT2D eigenvalue weighted by molar-refractivity contribution is -0.113. The van der Waals surface area contributed by atoms with Crippen LogP contribution in [-0.4, -0.2) is 33.0 Å². The zero-order chi connectivity index (χ0) is 26.2. The van der Waals surface area contributed by atoms with E-state index in [-0.39, 0.29) is 11.7 Å². The van der Waals surface area contributed by atoms with Crippen LogP contribution in [0.15, 0.2) is 52.6 Å². The molecule has 36 heavy (non-hydrogen) atoms. The highest BCUT2D eigenvalue weighted by molar-refractivity contribution is 9.10. The van der Waals surface area contributed by atoms with Gasteiger partial charge in [0.2, 0.25) is 5.91 Å². The van der Waals surface area contributed by atoms with E-state index >= 15 is 0 Å². The van der Waals surface area contributed by atoms with E-state index in [1.165, 1.54) is 17.3 Å². The van der Waals surface area contributed by atoms with Crippen LogP contribution in [0.3, 0.4) is 0 Å². The molecule has 1 heterocycles. The van der Waals surface area contributed by atoms with Gasteiger partial charge >= 0.3 is 0 Å². The maximum atomic E-state index is 12.5. The van der Waals surface area contributed by atoms with E-state index in [9.17, 15) is 4.79 Å². The number of rotatable bonds is 12. The molecule has 0 spiro atoms. The second-order valence-electron chi connectivity index (χ2n) is 8.79. The molecule has 0 saturated heterocycles. The van der Waals surface area contributed by atoms with E-state index in [1.54, 1.807) is 12.1 Å². The van der Waals surface area contributed by atoms with Crippen molar-refractivity contribution >= 4 is 50.9 Å². The molecular weight excluding hydrogens is 560 g/mol. The summed E-state index contributed by atoms with van der Waals surface area (Å²) < 4.78 is 9.21. The standard InChI is InChI=1S/C27H32BrClN4O2S/c1-6-12-33-25(11-8-13-35-24-15-20(17(2)3)21(28)14-18(24)4)31-32-27(33)36-16-26(34)30-23-10-7-9-22(29)19(23)5/h6-7,9-10,14-15,17H,1,8,11-13,16H2,2-5H3,(H,30,34). The molecular formula is C27H32BrClN4O2S. The van der Waals surface area contributed by atoms with Crippen molar-refractivity contribution in [3.8, 4) is 5.75 Å². The molecule has 0 aliphatic carbocycles. The number of benzene rings is 2. The Balaban J connectivity index is 1.56. The molecule has 0 bridgehead atoms. The topological polar surface area (TPSA) is 69.0 Å². The fourth-order valence-corrected chi connectivity index (χ4v) is 5.52. The predicted molar refractivity (Wildman–Crippen MR) is 153 cm³/mol. The van der Waals surface area contributed by atoms with Gasteiger partial charge in [-0.05, 0) is 67.1 Å². The first-order valence-corrected chi connectivity index (χ1v) is 14.0. The molecule has 0 unspecified atom stereocenters. The van der Waals surface area contributed by atoms with Crippen LogP contribution in [0.2, 0.25) is 5.02 Å². The van der Waals surface area contributed by atoms with E-state index in [0.29, 0.717) is 41.4 Å². The van der Waals surface area contributed by atoms with Crippen LogP contribution < -0.4 is 10.1 Å². The average molecular weight is 592 g/mol. The molecule has 1 aromatic heterocycles. The first-order valence-electron chi connectivity index (χ1n) is 11.8. The summed E-state index contributed by atoms with van der Waals surface area (Å²) in [5.41, 5.74) is 3.89. The molecule has 9 heteroatoms. The summed E-state index contributed by atoms with van der Waals surface area (Å²) >= 11 is 11.1. The van der Waals surface area contributed by atoms with Gasteiger partial charge in [0.15, 0.2) is 5.16 Å². The summed E-state index contributed by atoms with van der Waals surface area (Å²) in [5, 5.41) is 12.9. The number of carbonyl (C=O) groups is 1. The maximum Gasteiger partial charge on any atom is 0.234 e. The van der Waals surface area contributed by atoms with Gasteiger partial charge in [-0.1, -0.05) is 65.3 Å². The predicted octanol–water partition coefficient (Wildman–Crippen LogP) is 7.36. The third-order valence-electron chi connectivity index (χ3n) is 5.70. The van der Waals surface area contributed by atoms with Crippen molar-refractivity contribution in [1.29, 1.82) is 0 Å². The van der Waals surface area contributed by atoms with Crippen molar-refractivity contribution < 1.29 is 9.53 Å². The van der Waals surface area contributed by atoms with Crippen LogP contribution in [-0.2, 0) is 17.8 Å². The molecule has 1 amide bonds.